The van der Waals surface area contributed by atoms with Gasteiger partial charge in [0.15, 0.2) is 0 Å². The summed E-state index contributed by atoms with van der Waals surface area (Å²) in [4.78, 5) is 0. The molecule has 0 saturated carbocycles. The van der Waals surface area contributed by atoms with E-state index in [4.69, 9.17) is 4.74 Å². The van der Waals surface area contributed by atoms with Crippen LogP contribution in [0.15, 0.2) is 22.7 Å². The molecule has 2 heterocycles. The highest BCUT2D eigenvalue weighted by molar-refractivity contribution is 9.10. The second-order valence-electron chi connectivity index (χ2n) is 5.75. The van der Waals surface area contributed by atoms with Crippen molar-refractivity contribution in [3.05, 3.63) is 34.1 Å². The highest BCUT2D eigenvalue weighted by Crippen LogP contribution is 2.40. The zero-order valence-electron chi connectivity index (χ0n) is 10.9. The number of halogens is 2. The molecule has 0 radical (unpaired) electrons. The quantitative estimate of drug-likeness (QED) is 0.918. The van der Waals surface area contributed by atoms with Crippen molar-refractivity contribution < 1.29 is 9.13 Å². The maximum absolute atomic E-state index is 14.1. The van der Waals surface area contributed by atoms with Crippen LogP contribution in [0, 0.1) is 5.82 Å². The molecule has 2 fully saturated rings. The second kappa shape index (κ2) is 5.51. The standard InChI is InChI=1S/C15H19BrFNO/c16-11-4-5-14(17)13(7-11)15(9-19-10-15)8-12-3-1-2-6-18-12/h4-5,7,12,18H,1-3,6,8-10H2. The van der Waals surface area contributed by atoms with Crippen LogP contribution in [-0.2, 0) is 10.2 Å². The van der Waals surface area contributed by atoms with Crippen LogP contribution >= 0.6 is 15.9 Å². The van der Waals surface area contributed by atoms with Crippen LogP contribution in [0.4, 0.5) is 4.39 Å². The summed E-state index contributed by atoms with van der Waals surface area (Å²) in [5.41, 5.74) is 0.670. The highest BCUT2D eigenvalue weighted by Gasteiger charge is 2.44. The zero-order valence-corrected chi connectivity index (χ0v) is 12.5. The van der Waals surface area contributed by atoms with Gasteiger partial charge in [0.05, 0.1) is 13.2 Å². The van der Waals surface area contributed by atoms with Crippen molar-refractivity contribution in [3.8, 4) is 0 Å². The van der Waals surface area contributed by atoms with Gasteiger partial charge in [0.1, 0.15) is 5.82 Å². The molecule has 104 valence electrons. The summed E-state index contributed by atoms with van der Waals surface area (Å²) in [5.74, 6) is -0.109. The van der Waals surface area contributed by atoms with Crippen LogP contribution in [-0.4, -0.2) is 25.8 Å². The molecule has 1 aromatic carbocycles. The third kappa shape index (κ3) is 2.71. The van der Waals surface area contributed by atoms with Crippen LogP contribution in [0.25, 0.3) is 0 Å². The number of nitrogens with one attached hydrogen (secondary N) is 1. The molecule has 1 N–H and O–H groups in total. The van der Waals surface area contributed by atoms with Gasteiger partial charge in [-0.2, -0.15) is 0 Å². The van der Waals surface area contributed by atoms with Gasteiger partial charge in [0.25, 0.3) is 0 Å². The molecule has 2 nitrogen and oxygen atoms in total. The molecule has 0 amide bonds. The van der Waals surface area contributed by atoms with Crippen molar-refractivity contribution in [2.45, 2.75) is 37.1 Å². The number of hydrogen-bond donors (Lipinski definition) is 1. The largest absolute Gasteiger partial charge is 0.379 e. The number of ether oxygens (including phenoxy) is 1. The lowest BCUT2D eigenvalue weighted by molar-refractivity contribution is -0.0712. The van der Waals surface area contributed by atoms with Crippen LogP contribution in [0.2, 0.25) is 0 Å². The van der Waals surface area contributed by atoms with Gasteiger partial charge >= 0.3 is 0 Å². The van der Waals surface area contributed by atoms with E-state index in [9.17, 15) is 4.39 Å². The minimum atomic E-state index is -0.136. The Labute approximate surface area is 121 Å². The lowest BCUT2D eigenvalue weighted by Crippen LogP contribution is -2.52. The molecule has 2 aliphatic heterocycles. The van der Waals surface area contributed by atoms with E-state index in [-0.39, 0.29) is 11.2 Å². The molecular formula is C15H19BrFNO. The Kier molecular flexibility index (Phi) is 3.92. The van der Waals surface area contributed by atoms with E-state index in [0.717, 1.165) is 23.0 Å². The molecular weight excluding hydrogens is 309 g/mol. The van der Waals surface area contributed by atoms with Gasteiger partial charge < -0.3 is 10.1 Å². The van der Waals surface area contributed by atoms with Gasteiger partial charge in [-0.05, 0) is 49.6 Å². The summed E-state index contributed by atoms with van der Waals surface area (Å²) in [6.07, 6.45) is 4.69. The van der Waals surface area contributed by atoms with E-state index in [2.05, 4.69) is 21.2 Å². The second-order valence-corrected chi connectivity index (χ2v) is 6.66. The first kappa shape index (κ1) is 13.5. The van der Waals surface area contributed by atoms with Crippen LogP contribution < -0.4 is 5.32 Å². The fourth-order valence-electron chi connectivity index (χ4n) is 3.21. The molecule has 0 bridgehead atoms. The van der Waals surface area contributed by atoms with Gasteiger partial charge in [-0.25, -0.2) is 4.39 Å². The molecule has 3 rings (SSSR count). The first-order chi connectivity index (χ1) is 9.20. The SMILES string of the molecule is Fc1ccc(Br)cc1C1(CC2CCCCN2)COC1. The molecule has 1 aromatic rings. The Morgan fingerprint density at radius 2 is 2.21 bits per heavy atom. The van der Waals surface area contributed by atoms with Crippen LogP contribution in [0.5, 0.6) is 0 Å². The summed E-state index contributed by atoms with van der Waals surface area (Å²) in [5, 5.41) is 3.56. The third-order valence-electron chi connectivity index (χ3n) is 4.31. The number of piperidine rings is 1. The summed E-state index contributed by atoms with van der Waals surface area (Å²) in [7, 11) is 0. The molecule has 0 spiro atoms. The lowest BCUT2D eigenvalue weighted by Gasteiger charge is -2.45. The van der Waals surface area contributed by atoms with Crippen molar-refractivity contribution in [1.82, 2.24) is 5.32 Å². The molecule has 4 heteroatoms. The summed E-state index contributed by atoms with van der Waals surface area (Å²) in [6.45, 7) is 2.36. The predicted octanol–water partition coefficient (Wildman–Crippen LogP) is 3.39. The van der Waals surface area contributed by atoms with E-state index in [1.54, 1.807) is 12.1 Å². The van der Waals surface area contributed by atoms with E-state index in [0.29, 0.717) is 19.3 Å². The Morgan fingerprint density at radius 3 is 2.84 bits per heavy atom. The Bertz CT molecular complexity index is 455. The van der Waals surface area contributed by atoms with Crippen LogP contribution in [0.1, 0.15) is 31.2 Å². The van der Waals surface area contributed by atoms with Crippen LogP contribution in [0.3, 0.4) is 0 Å². The molecule has 0 aromatic heterocycles. The zero-order chi connectivity index (χ0) is 13.3. The van der Waals surface area contributed by atoms with Gasteiger partial charge in [-0.3, -0.25) is 0 Å². The molecule has 1 atom stereocenters. The summed E-state index contributed by atoms with van der Waals surface area (Å²) in [6, 6.07) is 5.72. The van der Waals surface area contributed by atoms with E-state index in [1.807, 2.05) is 6.07 Å². The topological polar surface area (TPSA) is 21.3 Å². The van der Waals surface area contributed by atoms with Gasteiger partial charge in [0, 0.05) is 15.9 Å². The molecule has 2 aliphatic rings. The van der Waals surface area contributed by atoms with Crippen molar-refractivity contribution >= 4 is 15.9 Å². The first-order valence-electron chi connectivity index (χ1n) is 6.96. The predicted molar refractivity (Wildman–Crippen MR) is 76.9 cm³/mol. The first-order valence-corrected chi connectivity index (χ1v) is 7.76. The fourth-order valence-corrected chi connectivity index (χ4v) is 3.57. The smallest absolute Gasteiger partial charge is 0.127 e. The average Bonchev–Trinajstić information content (AvgIpc) is 2.38. The normalized spacial score (nSPS) is 25.9. The van der Waals surface area contributed by atoms with Crippen molar-refractivity contribution in [2.24, 2.45) is 0 Å². The minimum Gasteiger partial charge on any atom is -0.379 e. The Balaban J connectivity index is 1.83. The maximum atomic E-state index is 14.1. The van der Waals surface area contributed by atoms with Gasteiger partial charge in [-0.15, -0.1) is 0 Å². The Morgan fingerprint density at radius 1 is 1.37 bits per heavy atom. The molecule has 19 heavy (non-hydrogen) atoms. The summed E-state index contributed by atoms with van der Waals surface area (Å²) < 4.78 is 20.5. The van der Waals surface area contributed by atoms with Crippen molar-refractivity contribution in [3.63, 3.8) is 0 Å². The monoisotopic (exact) mass is 327 g/mol. The average molecular weight is 328 g/mol. The van der Waals surface area contributed by atoms with E-state index < -0.39 is 0 Å². The number of hydrogen-bond acceptors (Lipinski definition) is 2. The number of benzene rings is 1. The minimum absolute atomic E-state index is 0.109. The van der Waals surface area contributed by atoms with Gasteiger partial charge in [-0.1, -0.05) is 22.4 Å². The molecule has 1 unspecified atom stereocenters. The fraction of sp³-hybridized carbons (Fsp3) is 0.600. The molecule has 2 saturated heterocycles. The lowest BCUT2D eigenvalue weighted by atomic mass is 9.72. The highest BCUT2D eigenvalue weighted by atomic mass is 79.9. The Hall–Kier alpha value is -0.450. The van der Waals surface area contributed by atoms with Crippen molar-refractivity contribution in [2.75, 3.05) is 19.8 Å². The summed E-state index contributed by atoms with van der Waals surface area (Å²) >= 11 is 3.44. The van der Waals surface area contributed by atoms with Gasteiger partial charge in [0.2, 0.25) is 0 Å². The van der Waals surface area contributed by atoms with Crippen molar-refractivity contribution in [1.29, 1.82) is 0 Å². The number of rotatable bonds is 3. The molecule has 0 aliphatic carbocycles. The van der Waals surface area contributed by atoms with E-state index in [1.165, 1.54) is 19.3 Å². The van der Waals surface area contributed by atoms with E-state index >= 15 is 0 Å². The third-order valence-corrected chi connectivity index (χ3v) is 4.80. The maximum Gasteiger partial charge on any atom is 0.127 e.